The zero-order valence-corrected chi connectivity index (χ0v) is 10.0. The maximum absolute atomic E-state index is 12.0. The summed E-state index contributed by atoms with van der Waals surface area (Å²) in [6.07, 6.45) is 0.805. The number of ether oxygens (including phenoxy) is 1. The molecular formula is C13H15ClO2. The van der Waals surface area contributed by atoms with Crippen LogP contribution in [-0.4, -0.2) is 18.5 Å². The minimum atomic E-state index is -0.473. The number of hydrogen-bond acceptors (Lipinski definition) is 2. The maximum Gasteiger partial charge on any atom is 0.316 e. The average molecular weight is 239 g/mol. The van der Waals surface area contributed by atoms with E-state index in [1.165, 1.54) is 0 Å². The van der Waals surface area contributed by atoms with Crippen molar-refractivity contribution in [1.29, 1.82) is 0 Å². The van der Waals surface area contributed by atoms with Crippen molar-refractivity contribution in [3.05, 3.63) is 35.9 Å². The van der Waals surface area contributed by atoms with Gasteiger partial charge in [-0.15, -0.1) is 11.6 Å². The minimum Gasteiger partial charge on any atom is -0.465 e. The van der Waals surface area contributed by atoms with Crippen LogP contribution in [0.1, 0.15) is 18.9 Å². The Balaban J connectivity index is 2.28. The molecule has 0 unspecified atom stereocenters. The molecule has 0 bridgehead atoms. The third-order valence-electron chi connectivity index (χ3n) is 3.22. The number of rotatable bonds is 4. The fourth-order valence-corrected chi connectivity index (χ4v) is 2.61. The van der Waals surface area contributed by atoms with Crippen molar-refractivity contribution >= 4 is 17.6 Å². The number of esters is 1. The molecule has 2 rings (SSSR count). The summed E-state index contributed by atoms with van der Waals surface area (Å²) < 4.78 is 5.16. The number of carbonyl (C=O) groups excluding carboxylic acids is 1. The molecular weight excluding hydrogens is 224 g/mol. The lowest BCUT2D eigenvalue weighted by Gasteiger charge is -2.15. The Hall–Kier alpha value is -1.02. The zero-order chi connectivity index (χ0) is 11.6. The van der Waals surface area contributed by atoms with Crippen molar-refractivity contribution < 1.29 is 9.53 Å². The monoisotopic (exact) mass is 238 g/mol. The Morgan fingerprint density at radius 2 is 2.19 bits per heavy atom. The first-order valence-corrected chi connectivity index (χ1v) is 6.08. The van der Waals surface area contributed by atoms with Gasteiger partial charge in [-0.3, -0.25) is 4.79 Å². The summed E-state index contributed by atoms with van der Waals surface area (Å²) in [4.78, 5) is 12.0. The van der Waals surface area contributed by atoms with Gasteiger partial charge in [0.1, 0.15) is 0 Å². The van der Waals surface area contributed by atoms with Crippen LogP contribution in [0.5, 0.6) is 0 Å². The topological polar surface area (TPSA) is 26.3 Å². The Bertz CT molecular complexity index is 377. The van der Waals surface area contributed by atoms with E-state index in [1.807, 2.05) is 37.3 Å². The SMILES string of the molecule is CCOC(=O)[C@]1(c2ccccc2)C[C@@H]1CCl. The van der Waals surface area contributed by atoms with Crippen molar-refractivity contribution in [1.82, 2.24) is 0 Å². The number of halogens is 1. The molecule has 86 valence electrons. The molecule has 1 aromatic carbocycles. The van der Waals surface area contributed by atoms with E-state index in [-0.39, 0.29) is 11.9 Å². The van der Waals surface area contributed by atoms with Crippen molar-refractivity contribution in [3.8, 4) is 0 Å². The van der Waals surface area contributed by atoms with E-state index < -0.39 is 5.41 Å². The van der Waals surface area contributed by atoms with E-state index in [2.05, 4.69) is 0 Å². The first-order chi connectivity index (χ1) is 7.75. The summed E-state index contributed by atoms with van der Waals surface area (Å²) in [5.41, 5.74) is 0.554. The van der Waals surface area contributed by atoms with E-state index in [1.54, 1.807) is 0 Å². The molecule has 1 aliphatic carbocycles. The molecule has 0 spiro atoms. The lowest BCUT2D eigenvalue weighted by molar-refractivity contribution is -0.146. The fourth-order valence-electron chi connectivity index (χ4n) is 2.23. The third kappa shape index (κ3) is 1.71. The summed E-state index contributed by atoms with van der Waals surface area (Å²) in [7, 11) is 0. The van der Waals surface area contributed by atoms with Crippen molar-refractivity contribution in [2.75, 3.05) is 12.5 Å². The van der Waals surface area contributed by atoms with Crippen molar-refractivity contribution in [2.24, 2.45) is 5.92 Å². The molecule has 0 amide bonds. The highest BCUT2D eigenvalue weighted by molar-refractivity contribution is 6.18. The standard InChI is InChI=1S/C13H15ClO2/c1-2-16-12(15)13(8-11(13)9-14)10-6-4-3-5-7-10/h3-7,11H,2,8-9H2,1H3/t11-,13+/m1/s1. The smallest absolute Gasteiger partial charge is 0.316 e. The van der Waals surface area contributed by atoms with Crippen LogP contribution in [0.2, 0.25) is 0 Å². The molecule has 2 nitrogen and oxygen atoms in total. The lowest BCUT2D eigenvalue weighted by Crippen LogP contribution is -2.26. The van der Waals surface area contributed by atoms with Crippen molar-refractivity contribution in [3.63, 3.8) is 0 Å². The Morgan fingerprint density at radius 3 is 2.69 bits per heavy atom. The normalized spacial score (nSPS) is 27.5. The molecule has 2 atom stereocenters. The first-order valence-electron chi connectivity index (χ1n) is 5.54. The van der Waals surface area contributed by atoms with Crippen molar-refractivity contribution in [2.45, 2.75) is 18.8 Å². The molecule has 16 heavy (non-hydrogen) atoms. The van der Waals surface area contributed by atoms with E-state index in [9.17, 15) is 4.79 Å². The summed E-state index contributed by atoms with van der Waals surface area (Å²) >= 11 is 5.87. The van der Waals surface area contributed by atoms with Crippen LogP contribution < -0.4 is 0 Å². The predicted molar refractivity (Wildman–Crippen MR) is 63.6 cm³/mol. The molecule has 0 N–H and O–H groups in total. The van der Waals surface area contributed by atoms with Gasteiger partial charge in [-0.2, -0.15) is 0 Å². The van der Waals surface area contributed by atoms with Crippen LogP contribution in [0.3, 0.4) is 0 Å². The molecule has 0 radical (unpaired) electrons. The van der Waals surface area contributed by atoms with E-state index in [0.717, 1.165) is 12.0 Å². The molecule has 3 heteroatoms. The van der Waals surface area contributed by atoms with Gasteiger partial charge in [0.05, 0.1) is 12.0 Å². The quantitative estimate of drug-likeness (QED) is 0.596. The minimum absolute atomic E-state index is 0.133. The molecule has 1 saturated carbocycles. The largest absolute Gasteiger partial charge is 0.465 e. The van der Waals surface area contributed by atoms with Gasteiger partial charge < -0.3 is 4.74 Å². The highest BCUT2D eigenvalue weighted by atomic mass is 35.5. The Labute approximate surface area is 101 Å². The van der Waals surface area contributed by atoms with Crippen LogP contribution >= 0.6 is 11.6 Å². The van der Waals surface area contributed by atoms with Crippen LogP contribution in [0.15, 0.2) is 30.3 Å². The Kier molecular flexibility index (Phi) is 3.20. The average Bonchev–Trinajstić information content (AvgIpc) is 3.06. The van der Waals surface area contributed by atoms with E-state index in [4.69, 9.17) is 16.3 Å². The molecule has 1 aliphatic rings. The molecule has 1 aromatic rings. The number of benzene rings is 1. The lowest BCUT2D eigenvalue weighted by atomic mass is 9.94. The second kappa shape index (κ2) is 4.46. The van der Waals surface area contributed by atoms with Gasteiger partial charge in [-0.05, 0) is 24.8 Å². The van der Waals surface area contributed by atoms with Crippen LogP contribution in [-0.2, 0) is 14.9 Å². The number of carbonyl (C=O) groups is 1. The molecule has 0 aliphatic heterocycles. The van der Waals surface area contributed by atoms with Gasteiger partial charge in [0.2, 0.25) is 0 Å². The van der Waals surface area contributed by atoms with Gasteiger partial charge in [0.15, 0.2) is 0 Å². The fraction of sp³-hybridized carbons (Fsp3) is 0.462. The zero-order valence-electron chi connectivity index (χ0n) is 9.28. The third-order valence-corrected chi connectivity index (χ3v) is 3.59. The van der Waals surface area contributed by atoms with Gasteiger partial charge in [0.25, 0.3) is 0 Å². The molecule has 0 saturated heterocycles. The summed E-state index contributed by atoms with van der Waals surface area (Å²) in [5.74, 6) is 0.593. The Morgan fingerprint density at radius 1 is 1.50 bits per heavy atom. The van der Waals surface area contributed by atoms with Gasteiger partial charge in [0, 0.05) is 5.88 Å². The first kappa shape index (κ1) is 11.5. The maximum atomic E-state index is 12.0. The number of alkyl halides is 1. The van der Waals surface area contributed by atoms with E-state index in [0.29, 0.717) is 12.5 Å². The predicted octanol–water partition coefficient (Wildman–Crippen LogP) is 2.75. The molecule has 1 fully saturated rings. The van der Waals surface area contributed by atoms with Gasteiger partial charge in [-0.25, -0.2) is 0 Å². The molecule has 0 aromatic heterocycles. The van der Waals surface area contributed by atoms with Gasteiger partial charge in [-0.1, -0.05) is 30.3 Å². The van der Waals surface area contributed by atoms with Crippen LogP contribution in [0.4, 0.5) is 0 Å². The summed E-state index contributed by atoms with van der Waals surface area (Å²) in [6, 6.07) is 9.78. The van der Waals surface area contributed by atoms with E-state index >= 15 is 0 Å². The van der Waals surface area contributed by atoms with Crippen LogP contribution in [0, 0.1) is 5.92 Å². The van der Waals surface area contributed by atoms with Crippen LogP contribution in [0.25, 0.3) is 0 Å². The summed E-state index contributed by atoms with van der Waals surface area (Å²) in [5, 5.41) is 0. The second-order valence-corrected chi connectivity index (χ2v) is 4.42. The number of hydrogen-bond donors (Lipinski definition) is 0. The second-order valence-electron chi connectivity index (χ2n) is 4.11. The highest BCUT2D eigenvalue weighted by Gasteiger charge is 2.61. The highest BCUT2D eigenvalue weighted by Crippen LogP contribution is 2.55. The summed E-state index contributed by atoms with van der Waals surface area (Å²) in [6.45, 7) is 2.25. The van der Waals surface area contributed by atoms with Gasteiger partial charge >= 0.3 is 5.97 Å². The molecule has 0 heterocycles.